The SMILES string of the molecule is CCc1cc(C(=O)N2CCCC(O)(CN3CCC(NC(C)=O)CC3)CC2)on1. The number of aromatic nitrogens is 1. The number of nitrogens with zero attached hydrogens (tertiary/aromatic N) is 3. The minimum atomic E-state index is -0.786. The topological polar surface area (TPSA) is 98.9 Å². The molecule has 2 aliphatic rings. The van der Waals surface area contributed by atoms with Crippen LogP contribution in [0.2, 0.25) is 0 Å². The van der Waals surface area contributed by atoms with Crippen molar-refractivity contribution in [1.82, 2.24) is 20.3 Å². The second-order valence-electron chi connectivity index (χ2n) is 8.16. The van der Waals surface area contributed by atoms with Crippen LogP contribution in [0, 0.1) is 0 Å². The van der Waals surface area contributed by atoms with Crippen molar-refractivity contribution in [1.29, 1.82) is 0 Å². The summed E-state index contributed by atoms with van der Waals surface area (Å²) in [6, 6.07) is 1.94. The molecule has 2 aliphatic heterocycles. The van der Waals surface area contributed by atoms with Crippen molar-refractivity contribution in [2.24, 2.45) is 0 Å². The van der Waals surface area contributed by atoms with Crippen molar-refractivity contribution in [3.05, 3.63) is 17.5 Å². The van der Waals surface area contributed by atoms with Gasteiger partial charge in [0.15, 0.2) is 0 Å². The molecular formula is C20H32N4O4. The maximum absolute atomic E-state index is 12.7. The van der Waals surface area contributed by atoms with E-state index in [1.807, 2.05) is 6.92 Å². The third-order valence-corrected chi connectivity index (χ3v) is 5.85. The van der Waals surface area contributed by atoms with Gasteiger partial charge in [-0.1, -0.05) is 12.1 Å². The van der Waals surface area contributed by atoms with Crippen molar-refractivity contribution in [2.75, 3.05) is 32.7 Å². The largest absolute Gasteiger partial charge is 0.388 e. The number of nitrogens with one attached hydrogen (secondary N) is 1. The van der Waals surface area contributed by atoms with Gasteiger partial charge in [-0.15, -0.1) is 0 Å². The smallest absolute Gasteiger partial charge is 0.292 e. The highest BCUT2D eigenvalue weighted by Crippen LogP contribution is 2.26. The van der Waals surface area contributed by atoms with Gasteiger partial charge < -0.3 is 24.7 Å². The summed E-state index contributed by atoms with van der Waals surface area (Å²) in [7, 11) is 0. The summed E-state index contributed by atoms with van der Waals surface area (Å²) in [5.41, 5.74) is -0.0105. The van der Waals surface area contributed by atoms with Crippen molar-refractivity contribution in [3.63, 3.8) is 0 Å². The van der Waals surface area contributed by atoms with Gasteiger partial charge in [-0.05, 0) is 38.5 Å². The van der Waals surface area contributed by atoms with Gasteiger partial charge in [-0.25, -0.2) is 0 Å². The summed E-state index contributed by atoms with van der Waals surface area (Å²) < 4.78 is 5.18. The molecule has 0 aliphatic carbocycles. The summed E-state index contributed by atoms with van der Waals surface area (Å²) in [5.74, 6) is 0.151. The fourth-order valence-electron chi connectivity index (χ4n) is 4.21. The van der Waals surface area contributed by atoms with E-state index in [0.717, 1.165) is 44.5 Å². The molecule has 1 unspecified atom stereocenters. The number of rotatable bonds is 5. The van der Waals surface area contributed by atoms with E-state index < -0.39 is 5.60 Å². The second kappa shape index (κ2) is 9.05. The third kappa shape index (κ3) is 5.32. The predicted octanol–water partition coefficient (Wildman–Crippen LogP) is 1.19. The van der Waals surface area contributed by atoms with E-state index in [2.05, 4.69) is 15.4 Å². The number of aryl methyl sites for hydroxylation is 1. The van der Waals surface area contributed by atoms with Crippen LogP contribution in [0.25, 0.3) is 0 Å². The molecule has 1 aromatic heterocycles. The van der Waals surface area contributed by atoms with Crippen LogP contribution >= 0.6 is 0 Å². The van der Waals surface area contributed by atoms with Gasteiger partial charge >= 0.3 is 0 Å². The number of carbonyl (C=O) groups excluding carboxylic acids is 2. The molecule has 0 radical (unpaired) electrons. The summed E-state index contributed by atoms with van der Waals surface area (Å²) in [6.07, 6.45) is 4.55. The van der Waals surface area contributed by atoms with Gasteiger partial charge in [-0.3, -0.25) is 9.59 Å². The van der Waals surface area contributed by atoms with Crippen LogP contribution in [-0.4, -0.2) is 76.2 Å². The fourth-order valence-corrected chi connectivity index (χ4v) is 4.21. The minimum Gasteiger partial charge on any atom is -0.388 e. The van der Waals surface area contributed by atoms with E-state index in [9.17, 15) is 14.7 Å². The number of piperidine rings is 1. The molecule has 0 saturated carbocycles. The number of aliphatic hydroxyl groups is 1. The summed E-state index contributed by atoms with van der Waals surface area (Å²) in [4.78, 5) is 27.9. The number of hydrogen-bond acceptors (Lipinski definition) is 6. The second-order valence-corrected chi connectivity index (χ2v) is 8.16. The minimum absolute atomic E-state index is 0.0171. The summed E-state index contributed by atoms with van der Waals surface area (Å²) in [6.45, 7) is 7.01. The number of likely N-dealkylation sites (tertiary alicyclic amines) is 2. The molecule has 156 valence electrons. The lowest BCUT2D eigenvalue weighted by Gasteiger charge is -2.38. The first-order valence-electron chi connectivity index (χ1n) is 10.4. The Morgan fingerprint density at radius 3 is 2.68 bits per heavy atom. The number of β-amino-alcohol motifs (C(OH)–C–C–N with tert-alkyl or cyclic N) is 1. The van der Waals surface area contributed by atoms with Gasteiger partial charge in [0.25, 0.3) is 5.91 Å². The van der Waals surface area contributed by atoms with Gasteiger partial charge in [0.1, 0.15) is 0 Å². The zero-order valence-electron chi connectivity index (χ0n) is 16.9. The Balaban J connectivity index is 1.51. The first kappa shape index (κ1) is 20.8. The highest BCUT2D eigenvalue weighted by Gasteiger charge is 2.35. The molecule has 2 saturated heterocycles. The van der Waals surface area contributed by atoms with Crippen LogP contribution in [0.5, 0.6) is 0 Å². The zero-order chi connectivity index (χ0) is 20.1. The molecule has 28 heavy (non-hydrogen) atoms. The van der Waals surface area contributed by atoms with Crippen molar-refractivity contribution < 1.29 is 19.2 Å². The lowest BCUT2D eigenvalue weighted by atomic mass is 9.93. The molecule has 2 N–H and O–H groups in total. The molecule has 1 aromatic rings. The van der Waals surface area contributed by atoms with Crippen molar-refractivity contribution in [3.8, 4) is 0 Å². The summed E-state index contributed by atoms with van der Waals surface area (Å²) in [5, 5.41) is 18.0. The van der Waals surface area contributed by atoms with Gasteiger partial charge in [-0.2, -0.15) is 0 Å². The standard InChI is InChI=1S/C20H32N4O4/c1-3-16-13-18(28-22-16)19(26)24-9-4-7-20(27,8-12-24)14-23-10-5-17(6-11-23)21-15(2)25/h13,17,27H,3-12,14H2,1-2H3,(H,21,25). The molecule has 8 heteroatoms. The van der Waals surface area contributed by atoms with E-state index >= 15 is 0 Å². The average molecular weight is 393 g/mol. The highest BCUT2D eigenvalue weighted by atomic mass is 16.5. The van der Waals surface area contributed by atoms with Crippen LogP contribution in [0.3, 0.4) is 0 Å². The molecule has 0 spiro atoms. The molecular weight excluding hydrogens is 360 g/mol. The van der Waals surface area contributed by atoms with E-state index in [-0.39, 0.29) is 23.6 Å². The van der Waals surface area contributed by atoms with Crippen molar-refractivity contribution >= 4 is 11.8 Å². The van der Waals surface area contributed by atoms with E-state index in [4.69, 9.17) is 4.52 Å². The van der Waals surface area contributed by atoms with Crippen LogP contribution in [-0.2, 0) is 11.2 Å². The molecule has 3 rings (SSSR count). The van der Waals surface area contributed by atoms with Crippen LogP contribution in [0.1, 0.15) is 62.2 Å². The Bertz CT molecular complexity index is 684. The highest BCUT2D eigenvalue weighted by molar-refractivity contribution is 5.91. The number of hydrogen-bond donors (Lipinski definition) is 2. The molecule has 3 heterocycles. The Kier molecular flexibility index (Phi) is 6.72. The van der Waals surface area contributed by atoms with E-state index in [1.54, 1.807) is 17.9 Å². The lowest BCUT2D eigenvalue weighted by molar-refractivity contribution is -0.120. The maximum Gasteiger partial charge on any atom is 0.292 e. The Morgan fingerprint density at radius 2 is 2.04 bits per heavy atom. The van der Waals surface area contributed by atoms with Crippen LogP contribution in [0.4, 0.5) is 0 Å². The summed E-state index contributed by atoms with van der Waals surface area (Å²) >= 11 is 0. The van der Waals surface area contributed by atoms with E-state index in [1.165, 1.54) is 0 Å². The quantitative estimate of drug-likeness (QED) is 0.781. The van der Waals surface area contributed by atoms with Gasteiger partial charge in [0.05, 0.1) is 11.3 Å². The average Bonchev–Trinajstić information content (AvgIpc) is 3.06. The molecule has 0 aromatic carbocycles. The third-order valence-electron chi connectivity index (χ3n) is 5.85. The van der Waals surface area contributed by atoms with Gasteiger partial charge in [0.2, 0.25) is 11.7 Å². The Labute approximate surface area is 166 Å². The molecule has 8 nitrogen and oxygen atoms in total. The monoisotopic (exact) mass is 392 g/mol. The first-order valence-corrected chi connectivity index (χ1v) is 10.4. The van der Waals surface area contributed by atoms with Gasteiger partial charge in [0, 0.05) is 51.8 Å². The molecule has 1 atom stereocenters. The molecule has 0 bridgehead atoms. The maximum atomic E-state index is 12.7. The van der Waals surface area contributed by atoms with E-state index in [0.29, 0.717) is 32.5 Å². The zero-order valence-corrected chi connectivity index (χ0v) is 16.9. The fraction of sp³-hybridized carbons (Fsp3) is 0.750. The number of carbonyl (C=O) groups is 2. The molecule has 2 fully saturated rings. The van der Waals surface area contributed by atoms with Crippen LogP contribution < -0.4 is 5.32 Å². The predicted molar refractivity (Wildman–Crippen MR) is 104 cm³/mol. The normalized spacial score (nSPS) is 24.8. The lowest BCUT2D eigenvalue weighted by Crippen LogP contribution is -2.50. The van der Waals surface area contributed by atoms with Crippen LogP contribution in [0.15, 0.2) is 10.6 Å². The van der Waals surface area contributed by atoms with Crippen molar-refractivity contribution in [2.45, 2.75) is 64.0 Å². The molecule has 2 amide bonds. The Hall–Kier alpha value is -1.93. The first-order chi connectivity index (χ1) is 13.4. The number of amides is 2. The Morgan fingerprint density at radius 1 is 1.29 bits per heavy atom.